The standard InChI is InChI=1S/C29H62O4Si3/c1-16-36(17-2,18-3)33-29(11,22-23-31-34(12,13)27(5,6)7)21-19-20-26(30)24-25(4)32-35(14,15)28(8,9)10/h25-26,30H,16-18,21-24H2,1-15H3/t25-,26+,29-/m1/s1. The third kappa shape index (κ3) is 11.4. The second-order valence-corrected chi connectivity index (χ2v) is 28.3. The van der Waals surface area contributed by atoms with Gasteiger partial charge in [0.25, 0.3) is 0 Å². The fraction of sp³-hybridized carbons (Fsp3) is 0.931. The lowest BCUT2D eigenvalue weighted by molar-refractivity contribution is 0.0535. The number of hydrogen-bond donors (Lipinski definition) is 1. The first-order chi connectivity index (χ1) is 16.1. The molecule has 0 radical (unpaired) electrons. The second kappa shape index (κ2) is 13.9. The lowest BCUT2D eigenvalue weighted by Gasteiger charge is -2.41. The number of rotatable bonds is 14. The molecule has 0 aromatic carbocycles. The quantitative estimate of drug-likeness (QED) is 0.171. The van der Waals surface area contributed by atoms with Crippen LogP contribution in [0, 0.1) is 11.8 Å². The molecule has 0 aromatic heterocycles. The largest absolute Gasteiger partial charge is 0.417 e. The molecule has 0 unspecified atom stereocenters. The molecule has 0 bridgehead atoms. The van der Waals surface area contributed by atoms with Gasteiger partial charge in [-0.2, -0.15) is 0 Å². The Morgan fingerprint density at radius 3 is 1.69 bits per heavy atom. The Labute approximate surface area is 229 Å². The van der Waals surface area contributed by atoms with Crippen LogP contribution in [-0.2, 0) is 13.3 Å². The first-order valence-corrected chi connectivity index (χ1v) is 22.6. The number of aliphatic hydroxyl groups is 1. The highest BCUT2D eigenvalue weighted by Crippen LogP contribution is 2.39. The van der Waals surface area contributed by atoms with Crippen LogP contribution in [0.4, 0.5) is 0 Å². The van der Waals surface area contributed by atoms with E-state index >= 15 is 0 Å². The molecule has 0 heterocycles. The molecule has 4 nitrogen and oxygen atoms in total. The van der Waals surface area contributed by atoms with Crippen LogP contribution in [0.25, 0.3) is 0 Å². The Bertz CT molecular complexity index is 700. The van der Waals surface area contributed by atoms with E-state index in [0.29, 0.717) is 19.4 Å². The van der Waals surface area contributed by atoms with Gasteiger partial charge in [0.2, 0.25) is 0 Å². The number of aliphatic hydroxyl groups excluding tert-OH is 1. The maximum atomic E-state index is 10.7. The van der Waals surface area contributed by atoms with Gasteiger partial charge < -0.3 is 18.4 Å². The van der Waals surface area contributed by atoms with Crippen molar-refractivity contribution in [3.63, 3.8) is 0 Å². The van der Waals surface area contributed by atoms with Crippen LogP contribution in [0.1, 0.15) is 95.4 Å². The van der Waals surface area contributed by atoms with E-state index in [4.69, 9.17) is 13.3 Å². The van der Waals surface area contributed by atoms with Crippen LogP contribution in [0.2, 0.25) is 54.4 Å². The average Bonchev–Trinajstić information content (AvgIpc) is 2.69. The molecule has 3 atom stereocenters. The minimum atomic E-state index is -1.86. The van der Waals surface area contributed by atoms with E-state index in [9.17, 15) is 5.11 Å². The summed E-state index contributed by atoms with van der Waals surface area (Å²) in [5.74, 6) is 6.41. The summed E-state index contributed by atoms with van der Waals surface area (Å²) < 4.78 is 20.0. The summed E-state index contributed by atoms with van der Waals surface area (Å²) in [5.41, 5.74) is -0.368. The Morgan fingerprint density at radius 2 is 1.28 bits per heavy atom. The van der Waals surface area contributed by atoms with Crippen molar-refractivity contribution in [1.29, 1.82) is 0 Å². The fourth-order valence-corrected chi connectivity index (χ4v) is 9.51. The molecule has 0 spiro atoms. The molecular weight excluding hydrogens is 497 g/mol. The van der Waals surface area contributed by atoms with Crippen LogP contribution < -0.4 is 0 Å². The van der Waals surface area contributed by atoms with Gasteiger partial charge in [-0.1, -0.05) is 74.2 Å². The second-order valence-electron chi connectivity index (χ2n) is 14.1. The van der Waals surface area contributed by atoms with Crippen molar-refractivity contribution in [3.05, 3.63) is 0 Å². The molecular formula is C29H62O4Si3. The van der Waals surface area contributed by atoms with Crippen molar-refractivity contribution in [2.45, 2.75) is 168 Å². The Balaban J connectivity index is 5.47. The van der Waals surface area contributed by atoms with Gasteiger partial charge in [0.05, 0.1) is 5.60 Å². The molecule has 7 heteroatoms. The third-order valence-corrected chi connectivity index (χ3v) is 22.8. The summed E-state index contributed by atoms with van der Waals surface area (Å²) in [7, 11) is -5.51. The molecule has 0 aliphatic carbocycles. The smallest absolute Gasteiger partial charge is 0.192 e. The fourth-order valence-electron chi connectivity index (χ4n) is 3.86. The van der Waals surface area contributed by atoms with Crippen molar-refractivity contribution >= 4 is 25.0 Å². The van der Waals surface area contributed by atoms with Gasteiger partial charge in [-0.3, -0.25) is 0 Å². The molecule has 0 amide bonds. The van der Waals surface area contributed by atoms with Gasteiger partial charge in [0.1, 0.15) is 6.10 Å². The average molecular weight is 559 g/mol. The molecule has 0 aliphatic heterocycles. The zero-order chi connectivity index (χ0) is 28.6. The van der Waals surface area contributed by atoms with E-state index < -0.39 is 31.1 Å². The summed E-state index contributed by atoms with van der Waals surface area (Å²) >= 11 is 0. The van der Waals surface area contributed by atoms with Crippen LogP contribution in [0.5, 0.6) is 0 Å². The van der Waals surface area contributed by atoms with Crippen molar-refractivity contribution in [3.8, 4) is 11.8 Å². The Hall–Kier alpha value is 0.0506. The van der Waals surface area contributed by atoms with Gasteiger partial charge in [-0.05, 0) is 74.7 Å². The van der Waals surface area contributed by atoms with Crippen LogP contribution in [0.3, 0.4) is 0 Å². The molecule has 1 N–H and O–H groups in total. The van der Waals surface area contributed by atoms with Gasteiger partial charge in [0, 0.05) is 25.6 Å². The predicted molar refractivity (Wildman–Crippen MR) is 165 cm³/mol. The maximum absolute atomic E-state index is 10.7. The highest BCUT2D eigenvalue weighted by atomic mass is 28.4. The van der Waals surface area contributed by atoms with Crippen molar-refractivity contribution < 1.29 is 18.4 Å². The van der Waals surface area contributed by atoms with Gasteiger partial charge in [-0.25, -0.2) is 0 Å². The monoisotopic (exact) mass is 558 g/mol. The first kappa shape index (κ1) is 36.1. The maximum Gasteiger partial charge on any atom is 0.192 e. The normalized spacial score (nSPS) is 17.2. The highest BCUT2D eigenvalue weighted by Gasteiger charge is 2.41. The topological polar surface area (TPSA) is 47.9 Å². The molecule has 214 valence electrons. The highest BCUT2D eigenvalue weighted by molar-refractivity contribution is 6.74. The predicted octanol–water partition coefficient (Wildman–Crippen LogP) is 8.73. The van der Waals surface area contributed by atoms with Gasteiger partial charge >= 0.3 is 0 Å². The zero-order valence-electron chi connectivity index (χ0n) is 26.8. The van der Waals surface area contributed by atoms with Crippen LogP contribution in [0.15, 0.2) is 0 Å². The molecule has 0 saturated heterocycles. The van der Waals surface area contributed by atoms with Crippen LogP contribution >= 0.6 is 0 Å². The summed E-state index contributed by atoms with van der Waals surface area (Å²) in [6, 6.07) is 3.32. The van der Waals surface area contributed by atoms with Crippen molar-refractivity contribution in [2.24, 2.45) is 0 Å². The Morgan fingerprint density at radius 1 is 0.806 bits per heavy atom. The minimum Gasteiger partial charge on any atom is -0.417 e. The van der Waals surface area contributed by atoms with E-state index in [-0.39, 0.29) is 21.8 Å². The lowest BCUT2D eigenvalue weighted by atomic mass is 9.99. The molecule has 0 saturated carbocycles. The molecule has 0 aromatic rings. The van der Waals surface area contributed by atoms with Gasteiger partial charge in [-0.15, -0.1) is 0 Å². The van der Waals surface area contributed by atoms with Crippen LogP contribution in [-0.4, -0.2) is 54.5 Å². The summed E-state index contributed by atoms with van der Waals surface area (Å²) in [6.45, 7) is 34.4. The summed E-state index contributed by atoms with van der Waals surface area (Å²) in [4.78, 5) is 0. The van der Waals surface area contributed by atoms with E-state index in [1.165, 1.54) is 0 Å². The molecule has 36 heavy (non-hydrogen) atoms. The lowest BCUT2D eigenvalue weighted by Crippen LogP contribution is -2.47. The summed E-state index contributed by atoms with van der Waals surface area (Å²) in [5, 5.41) is 11.0. The third-order valence-electron chi connectivity index (χ3n) is 8.88. The van der Waals surface area contributed by atoms with E-state index in [1.54, 1.807) is 0 Å². The molecule has 0 rings (SSSR count). The first-order valence-electron chi connectivity index (χ1n) is 14.3. The van der Waals surface area contributed by atoms with Crippen molar-refractivity contribution in [2.75, 3.05) is 6.61 Å². The number of hydrogen-bond acceptors (Lipinski definition) is 4. The van der Waals surface area contributed by atoms with E-state index in [0.717, 1.165) is 24.6 Å². The summed E-state index contributed by atoms with van der Waals surface area (Å²) in [6.07, 6.45) is 1.25. The van der Waals surface area contributed by atoms with Gasteiger partial charge in [0.15, 0.2) is 25.0 Å². The SMILES string of the molecule is CC[Si](CC)(CC)O[C@](C)(CC#C[C@H](O)C[C@@H](C)O[Si](C)(C)C(C)(C)C)CCO[Si](C)(C)C(C)(C)C. The zero-order valence-corrected chi connectivity index (χ0v) is 29.8. The Kier molecular flexibility index (Phi) is 13.9. The molecule has 0 fully saturated rings. The minimum absolute atomic E-state index is 0.0175. The van der Waals surface area contributed by atoms with Crippen molar-refractivity contribution in [1.82, 2.24) is 0 Å². The van der Waals surface area contributed by atoms with E-state index in [2.05, 4.69) is 114 Å². The van der Waals surface area contributed by atoms with E-state index in [1.807, 2.05) is 0 Å². The molecule has 0 aliphatic rings.